The SMILES string of the molecule is CC(=O)[O-].CC(=O)[O-].CC(=O)[O-].CC(=O)[O-].CC(=O)[O-].O.[Nb+5]. The van der Waals surface area contributed by atoms with Crippen LogP contribution < -0.4 is 25.5 Å². The van der Waals surface area contributed by atoms with Crippen LogP contribution in [0.2, 0.25) is 0 Å². The Hall–Kier alpha value is -1.95. The van der Waals surface area contributed by atoms with Gasteiger partial charge in [-0.2, -0.15) is 0 Å². The number of carbonyl (C=O) groups is 5. The van der Waals surface area contributed by atoms with Gasteiger partial charge in [-0.15, -0.1) is 0 Å². The zero-order valence-corrected chi connectivity index (χ0v) is 14.7. The monoisotopic (exact) mass is 406 g/mol. The summed E-state index contributed by atoms with van der Waals surface area (Å²) in [5.74, 6) is -5.42. The van der Waals surface area contributed by atoms with Crippen molar-refractivity contribution in [3.05, 3.63) is 0 Å². The molecule has 0 aliphatic rings. The minimum Gasteiger partial charge on any atom is -0.550 e. The van der Waals surface area contributed by atoms with Gasteiger partial charge in [0.2, 0.25) is 0 Å². The van der Waals surface area contributed by atoms with Gasteiger partial charge in [0.05, 0.1) is 0 Å². The molecule has 0 bridgehead atoms. The van der Waals surface area contributed by atoms with Gasteiger partial charge < -0.3 is 55.0 Å². The van der Waals surface area contributed by atoms with Gasteiger partial charge >= 0.3 is 22.4 Å². The number of rotatable bonds is 0. The summed E-state index contributed by atoms with van der Waals surface area (Å²) in [6, 6.07) is 0. The second-order valence-corrected chi connectivity index (χ2v) is 2.46. The molecule has 0 heterocycles. The molecule has 0 aromatic carbocycles. The molecule has 22 heavy (non-hydrogen) atoms. The van der Waals surface area contributed by atoms with Crippen LogP contribution in [0.3, 0.4) is 0 Å². The number of carboxylic acids is 5. The maximum Gasteiger partial charge on any atom is 5.00 e. The third-order valence-electron chi connectivity index (χ3n) is 0. The van der Waals surface area contributed by atoms with E-state index in [2.05, 4.69) is 0 Å². The number of carboxylic acid groups (broad SMARTS) is 5. The molecule has 0 aromatic rings. The molecule has 0 aliphatic heterocycles. The third-order valence-corrected chi connectivity index (χ3v) is 0. The maximum absolute atomic E-state index is 8.89. The van der Waals surface area contributed by atoms with Crippen molar-refractivity contribution in [2.24, 2.45) is 0 Å². The molecule has 0 spiro atoms. The summed E-state index contributed by atoms with van der Waals surface area (Å²) in [6.07, 6.45) is 0. The van der Waals surface area contributed by atoms with Gasteiger partial charge in [0.25, 0.3) is 0 Å². The molecule has 0 radical (unpaired) electrons. The smallest absolute Gasteiger partial charge is 0.550 e. The summed E-state index contributed by atoms with van der Waals surface area (Å²) in [6.45, 7) is 4.86. The molecule has 12 heteroatoms. The summed E-state index contributed by atoms with van der Waals surface area (Å²) in [4.78, 5) is 44.4. The van der Waals surface area contributed by atoms with Crippen LogP contribution in [-0.2, 0) is 46.4 Å². The average Bonchev–Trinajstić information content (AvgIpc) is 1.94. The summed E-state index contributed by atoms with van der Waals surface area (Å²) < 4.78 is 0. The van der Waals surface area contributed by atoms with Crippen LogP contribution in [0.1, 0.15) is 34.6 Å². The van der Waals surface area contributed by atoms with E-state index in [4.69, 9.17) is 49.5 Å². The van der Waals surface area contributed by atoms with Crippen molar-refractivity contribution < 1.29 is 77.4 Å². The van der Waals surface area contributed by atoms with Crippen LogP contribution in [0.4, 0.5) is 0 Å². The molecule has 0 atom stereocenters. The van der Waals surface area contributed by atoms with Gasteiger partial charge in [-0.1, -0.05) is 0 Å². The molecule has 0 aromatic heterocycles. The number of carbonyl (C=O) groups excluding carboxylic acids is 5. The predicted octanol–water partition coefficient (Wildman–Crippen LogP) is -7.05. The van der Waals surface area contributed by atoms with Gasteiger partial charge in [0.15, 0.2) is 0 Å². The zero-order chi connectivity index (χ0) is 17.9. The molecule has 0 saturated heterocycles. The minimum absolute atomic E-state index is 0. The van der Waals surface area contributed by atoms with Crippen molar-refractivity contribution in [2.45, 2.75) is 34.6 Å². The first-order chi connectivity index (χ1) is 8.66. The third kappa shape index (κ3) is 1380. The Morgan fingerprint density at radius 2 is 0.455 bits per heavy atom. The Balaban J connectivity index is -0.0000000250. The second kappa shape index (κ2) is 36.4. The average molecular weight is 406 g/mol. The van der Waals surface area contributed by atoms with E-state index < -0.39 is 29.8 Å². The summed E-state index contributed by atoms with van der Waals surface area (Å²) in [5, 5.41) is 44.4. The predicted molar refractivity (Wildman–Crippen MR) is 57.0 cm³/mol. The van der Waals surface area contributed by atoms with Crippen LogP contribution in [0.25, 0.3) is 0 Å². The number of aliphatic carboxylic acids is 5. The fourth-order valence-corrected chi connectivity index (χ4v) is 0. The molecule has 0 unspecified atom stereocenters. The molecule has 11 nitrogen and oxygen atoms in total. The van der Waals surface area contributed by atoms with Gasteiger partial charge in [-0.25, -0.2) is 0 Å². The standard InChI is InChI=1S/5C2H4O2.Nb.H2O/c5*1-2(3)4;;/h5*1H3,(H,3,4);;1H2/q;;;;;+5;/p-5. The zero-order valence-electron chi connectivity index (χ0n) is 12.5. The topological polar surface area (TPSA) is 232 Å². The fourth-order valence-electron chi connectivity index (χ4n) is 0. The van der Waals surface area contributed by atoms with E-state index in [9.17, 15) is 0 Å². The van der Waals surface area contributed by atoms with Gasteiger partial charge in [0.1, 0.15) is 0 Å². The fraction of sp³-hybridized carbons (Fsp3) is 0.500. The quantitative estimate of drug-likeness (QED) is 0.345. The van der Waals surface area contributed by atoms with Crippen molar-refractivity contribution in [1.29, 1.82) is 0 Å². The largest absolute Gasteiger partial charge is 5.00 e. The summed E-state index contributed by atoms with van der Waals surface area (Å²) in [5.41, 5.74) is 0. The number of hydrogen-bond donors (Lipinski definition) is 0. The van der Waals surface area contributed by atoms with Crippen LogP contribution in [0.15, 0.2) is 0 Å². The van der Waals surface area contributed by atoms with E-state index >= 15 is 0 Å². The van der Waals surface area contributed by atoms with Gasteiger partial charge in [0, 0.05) is 29.8 Å². The molecule has 0 rings (SSSR count). The van der Waals surface area contributed by atoms with Crippen molar-refractivity contribution in [2.75, 3.05) is 0 Å². The van der Waals surface area contributed by atoms with Crippen LogP contribution >= 0.6 is 0 Å². The van der Waals surface area contributed by atoms with Crippen molar-refractivity contribution in [3.8, 4) is 0 Å². The molecular formula is C10H17NbO11. The Kier molecular flexibility index (Phi) is 70.8. The normalized spacial score (nSPS) is 5.68. The first kappa shape index (κ1) is 42.7. The van der Waals surface area contributed by atoms with Crippen LogP contribution in [0.5, 0.6) is 0 Å². The molecule has 0 amide bonds. The molecule has 0 aliphatic carbocycles. The van der Waals surface area contributed by atoms with E-state index in [0.717, 1.165) is 34.6 Å². The van der Waals surface area contributed by atoms with E-state index in [1.54, 1.807) is 0 Å². The van der Waals surface area contributed by atoms with E-state index in [0.29, 0.717) is 0 Å². The molecule has 128 valence electrons. The summed E-state index contributed by atoms with van der Waals surface area (Å²) in [7, 11) is 0. The first-order valence-electron chi connectivity index (χ1n) is 4.54. The van der Waals surface area contributed by atoms with E-state index in [1.165, 1.54) is 0 Å². The Bertz CT molecular complexity index is 212. The van der Waals surface area contributed by atoms with Crippen molar-refractivity contribution in [3.63, 3.8) is 0 Å². The van der Waals surface area contributed by atoms with Gasteiger partial charge in [-0.05, 0) is 34.6 Å². The molecule has 2 N–H and O–H groups in total. The molecule has 0 saturated carbocycles. The van der Waals surface area contributed by atoms with E-state index in [1.807, 2.05) is 0 Å². The summed E-state index contributed by atoms with van der Waals surface area (Å²) >= 11 is 0. The van der Waals surface area contributed by atoms with Crippen molar-refractivity contribution in [1.82, 2.24) is 0 Å². The Morgan fingerprint density at radius 3 is 0.455 bits per heavy atom. The Morgan fingerprint density at radius 1 is 0.455 bits per heavy atom. The molecule has 0 fully saturated rings. The minimum atomic E-state index is -1.08. The molecular weight excluding hydrogens is 389 g/mol. The first-order valence-corrected chi connectivity index (χ1v) is 4.54. The van der Waals surface area contributed by atoms with Crippen LogP contribution in [-0.4, -0.2) is 35.3 Å². The van der Waals surface area contributed by atoms with Crippen molar-refractivity contribution >= 4 is 29.8 Å². The number of hydrogen-bond acceptors (Lipinski definition) is 10. The van der Waals surface area contributed by atoms with Gasteiger partial charge in [-0.3, -0.25) is 0 Å². The Labute approximate surface area is 142 Å². The van der Waals surface area contributed by atoms with Crippen LogP contribution in [0, 0.1) is 0 Å². The second-order valence-electron chi connectivity index (χ2n) is 2.46. The van der Waals surface area contributed by atoms with E-state index in [-0.39, 0.29) is 27.9 Å². The maximum atomic E-state index is 8.89.